The number of esters is 1. The first-order valence-corrected chi connectivity index (χ1v) is 20.3. The molecule has 0 spiro atoms. The molecule has 0 saturated heterocycles. The standard InChI is InChI=1S/C43H70N8O11/c1-25(2)23-27(28(52)45-38(5,6)30(54)50-43(15,16)35(59)61-17)44-29(53)37(3,4)46-31(55)39(7,8)47-32(56)40(9,10)48-33(57)41(11,12)49-34(58)42(13,14)51-36(60)62-24-26-21-19-18-20-22-26/h18-22,25,27H,23-24H2,1-17H3,(H,44,53)(H,45,52)(H,46,55)(H,47,56)(H,48,57)(H,49,58)(H,50,54)(H,51,60)/t27-/m0/s1. The largest absolute Gasteiger partial charge is 0.467 e. The van der Waals surface area contributed by atoms with E-state index in [2.05, 4.69) is 42.5 Å². The van der Waals surface area contributed by atoms with Gasteiger partial charge < -0.3 is 52.0 Å². The fourth-order valence-corrected chi connectivity index (χ4v) is 5.30. The molecule has 1 aromatic rings. The molecule has 0 bridgehead atoms. The highest BCUT2D eigenvalue weighted by Crippen LogP contribution is 2.17. The number of amides is 8. The number of rotatable bonds is 20. The Hall–Kier alpha value is -5.75. The second kappa shape index (κ2) is 20.4. The number of hydrogen-bond donors (Lipinski definition) is 8. The number of carbonyl (C=O) groups excluding carboxylic acids is 9. The van der Waals surface area contributed by atoms with Gasteiger partial charge in [-0.25, -0.2) is 9.59 Å². The topological polar surface area (TPSA) is 268 Å². The lowest BCUT2D eigenvalue weighted by Crippen LogP contribution is -2.69. The molecule has 0 saturated carbocycles. The molecule has 19 heteroatoms. The summed E-state index contributed by atoms with van der Waals surface area (Å²) in [7, 11) is 1.18. The van der Waals surface area contributed by atoms with Crippen molar-refractivity contribution in [3.8, 4) is 0 Å². The zero-order valence-electron chi connectivity index (χ0n) is 39.4. The van der Waals surface area contributed by atoms with Crippen LogP contribution in [0.25, 0.3) is 0 Å². The van der Waals surface area contributed by atoms with Gasteiger partial charge in [0.2, 0.25) is 41.4 Å². The van der Waals surface area contributed by atoms with Gasteiger partial charge in [0.05, 0.1) is 7.11 Å². The van der Waals surface area contributed by atoms with Crippen LogP contribution in [0.5, 0.6) is 0 Å². The lowest BCUT2D eigenvalue weighted by Gasteiger charge is -2.37. The van der Waals surface area contributed by atoms with Crippen molar-refractivity contribution in [1.82, 2.24) is 42.5 Å². The number of carbonyl (C=O) groups is 9. The average molecular weight is 875 g/mol. The average Bonchev–Trinajstić information content (AvgIpc) is 3.12. The highest BCUT2D eigenvalue weighted by molar-refractivity contribution is 6.01. The lowest BCUT2D eigenvalue weighted by atomic mass is 9.94. The molecule has 0 radical (unpaired) electrons. The van der Waals surface area contributed by atoms with E-state index >= 15 is 0 Å². The van der Waals surface area contributed by atoms with Gasteiger partial charge in [-0.05, 0) is 115 Å². The van der Waals surface area contributed by atoms with Crippen molar-refractivity contribution in [3.63, 3.8) is 0 Å². The van der Waals surface area contributed by atoms with Crippen LogP contribution in [-0.2, 0) is 54.4 Å². The second-order valence-corrected chi connectivity index (χ2v) is 19.5. The second-order valence-electron chi connectivity index (χ2n) is 19.5. The molecule has 0 aliphatic carbocycles. The Kier molecular flexibility index (Phi) is 17.9. The quantitative estimate of drug-likeness (QED) is 0.0875. The van der Waals surface area contributed by atoms with E-state index in [-0.39, 0.29) is 18.9 Å². The maximum Gasteiger partial charge on any atom is 0.408 e. The molecular formula is C43H70N8O11. The van der Waals surface area contributed by atoms with Crippen molar-refractivity contribution >= 4 is 53.4 Å². The Bertz CT molecular complexity index is 1850. The molecule has 348 valence electrons. The number of methoxy groups -OCH3 is 1. The minimum Gasteiger partial charge on any atom is -0.467 e. The summed E-state index contributed by atoms with van der Waals surface area (Å²) in [5, 5.41) is 20.7. The fourth-order valence-electron chi connectivity index (χ4n) is 5.30. The SMILES string of the molecule is COC(=O)C(C)(C)NC(=O)C(C)(C)NC(=O)[C@H](CC(C)C)NC(=O)C(C)(C)NC(=O)C(C)(C)NC(=O)C(C)(C)NC(=O)C(C)(C)NC(=O)C(C)(C)NC(=O)OCc1ccccc1. The molecule has 0 heterocycles. The Labute approximate surface area is 365 Å². The Morgan fingerprint density at radius 3 is 1.19 bits per heavy atom. The molecular weight excluding hydrogens is 805 g/mol. The van der Waals surface area contributed by atoms with Crippen molar-refractivity contribution in [2.45, 2.75) is 169 Å². The first kappa shape index (κ1) is 54.3. The third-order valence-corrected chi connectivity index (χ3v) is 9.62. The number of benzene rings is 1. The number of alkyl carbamates (subject to hydrolysis) is 1. The predicted molar refractivity (Wildman–Crippen MR) is 231 cm³/mol. The van der Waals surface area contributed by atoms with Gasteiger partial charge in [-0.15, -0.1) is 0 Å². The van der Waals surface area contributed by atoms with Crippen LogP contribution in [0, 0.1) is 5.92 Å². The van der Waals surface area contributed by atoms with Gasteiger partial charge in [-0.2, -0.15) is 0 Å². The summed E-state index contributed by atoms with van der Waals surface area (Å²) in [5.74, 6) is -5.96. The van der Waals surface area contributed by atoms with Gasteiger partial charge in [0.1, 0.15) is 51.4 Å². The van der Waals surface area contributed by atoms with Crippen LogP contribution in [-0.4, -0.2) is 105 Å². The van der Waals surface area contributed by atoms with Crippen molar-refractivity contribution in [3.05, 3.63) is 35.9 Å². The number of nitrogens with one attached hydrogen (secondary N) is 8. The molecule has 19 nitrogen and oxygen atoms in total. The zero-order chi connectivity index (χ0) is 48.4. The summed E-state index contributed by atoms with van der Waals surface area (Å²) < 4.78 is 9.95. The van der Waals surface area contributed by atoms with E-state index in [0.29, 0.717) is 0 Å². The molecule has 8 amide bonds. The minimum atomic E-state index is -1.66. The summed E-state index contributed by atoms with van der Waals surface area (Å²) in [5.41, 5.74) is -10.2. The molecule has 0 aromatic heterocycles. The molecule has 1 rings (SSSR count). The summed E-state index contributed by atoms with van der Waals surface area (Å²) >= 11 is 0. The van der Waals surface area contributed by atoms with Crippen LogP contribution < -0.4 is 42.5 Å². The minimum absolute atomic E-state index is 0.0234. The lowest BCUT2D eigenvalue weighted by molar-refractivity contribution is -0.150. The molecule has 0 aliphatic rings. The van der Waals surface area contributed by atoms with Crippen LogP contribution in [0.1, 0.15) is 123 Å². The number of ether oxygens (including phenoxy) is 2. The maximum absolute atomic E-state index is 13.7. The zero-order valence-corrected chi connectivity index (χ0v) is 39.4. The van der Waals surface area contributed by atoms with E-state index < -0.39 is 98.2 Å². The van der Waals surface area contributed by atoms with Gasteiger partial charge in [0.15, 0.2) is 0 Å². The van der Waals surface area contributed by atoms with Gasteiger partial charge >= 0.3 is 12.1 Å². The van der Waals surface area contributed by atoms with E-state index in [1.54, 1.807) is 24.3 Å². The summed E-state index contributed by atoms with van der Waals surface area (Å²) in [6.07, 6.45) is -0.691. The number of hydrogen-bond acceptors (Lipinski definition) is 11. The first-order valence-electron chi connectivity index (χ1n) is 20.3. The van der Waals surface area contributed by atoms with Crippen molar-refractivity contribution in [1.29, 1.82) is 0 Å². The molecule has 8 N–H and O–H groups in total. The van der Waals surface area contributed by atoms with E-state index in [0.717, 1.165) is 5.56 Å². The smallest absolute Gasteiger partial charge is 0.408 e. The van der Waals surface area contributed by atoms with E-state index in [9.17, 15) is 43.2 Å². The fraction of sp³-hybridized carbons (Fsp3) is 0.651. The van der Waals surface area contributed by atoms with E-state index in [1.807, 2.05) is 19.9 Å². The van der Waals surface area contributed by atoms with Crippen LogP contribution in [0.2, 0.25) is 0 Å². The van der Waals surface area contributed by atoms with E-state index in [1.165, 1.54) is 104 Å². The molecule has 0 unspecified atom stereocenters. The van der Waals surface area contributed by atoms with Crippen LogP contribution in [0.15, 0.2) is 30.3 Å². The van der Waals surface area contributed by atoms with Crippen molar-refractivity contribution < 1.29 is 52.6 Å². The Morgan fingerprint density at radius 2 is 0.823 bits per heavy atom. The van der Waals surface area contributed by atoms with Gasteiger partial charge in [0, 0.05) is 0 Å². The normalized spacial score (nSPS) is 13.1. The predicted octanol–water partition coefficient (Wildman–Crippen LogP) is 1.76. The van der Waals surface area contributed by atoms with Crippen molar-refractivity contribution in [2.75, 3.05) is 7.11 Å². The maximum atomic E-state index is 13.7. The summed E-state index contributed by atoms with van der Waals surface area (Å²) in [4.78, 5) is 119. The molecule has 1 aromatic carbocycles. The van der Waals surface area contributed by atoms with Gasteiger partial charge in [0.25, 0.3) is 0 Å². The van der Waals surface area contributed by atoms with E-state index in [4.69, 9.17) is 9.47 Å². The van der Waals surface area contributed by atoms with Gasteiger partial charge in [-0.3, -0.25) is 33.6 Å². The highest BCUT2D eigenvalue weighted by Gasteiger charge is 2.44. The van der Waals surface area contributed by atoms with Crippen LogP contribution >= 0.6 is 0 Å². The summed E-state index contributed by atoms with van der Waals surface area (Å²) in [6.45, 7) is 23.4. The summed E-state index contributed by atoms with van der Waals surface area (Å²) in [6, 6.07) is 7.80. The highest BCUT2D eigenvalue weighted by atomic mass is 16.5. The van der Waals surface area contributed by atoms with Crippen LogP contribution in [0.3, 0.4) is 0 Å². The molecule has 0 fully saturated rings. The van der Waals surface area contributed by atoms with Crippen molar-refractivity contribution in [2.24, 2.45) is 5.92 Å². The first-order chi connectivity index (χ1) is 27.9. The van der Waals surface area contributed by atoms with Crippen LogP contribution in [0.4, 0.5) is 4.79 Å². The Morgan fingerprint density at radius 1 is 0.484 bits per heavy atom. The third kappa shape index (κ3) is 15.9. The molecule has 1 atom stereocenters. The Balaban J connectivity index is 2.99. The monoisotopic (exact) mass is 875 g/mol. The molecule has 62 heavy (non-hydrogen) atoms. The van der Waals surface area contributed by atoms with Gasteiger partial charge in [-0.1, -0.05) is 44.2 Å². The molecule has 0 aliphatic heterocycles. The third-order valence-electron chi connectivity index (χ3n) is 9.62.